The molecule has 8 rings (SSSR count). The Balaban J connectivity index is 1.19. The van der Waals surface area contributed by atoms with Gasteiger partial charge in [0.15, 0.2) is 0 Å². The molecular weight excluding hydrogens is 881 g/mol. The number of nitrogens with one attached hydrogen (secondary N) is 4. The minimum atomic E-state index is -1.26. The molecule has 18 nitrogen and oxygen atoms in total. The van der Waals surface area contributed by atoms with Crippen LogP contribution in [0.5, 0.6) is 5.75 Å². The maximum atomic E-state index is 14.8. The van der Waals surface area contributed by atoms with Crippen LogP contribution in [0.25, 0.3) is 33.3 Å². The molecule has 2 saturated heterocycles. The van der Waals surface area contributed by atoms with E-state index in [1.165, 1.54) is 27.7 Å². The Bertz CT molecular complexity index is 2850. The lowest BCUT2D eigenvalue weighted by atomic mass is 9.84. The summed E-state index contributed by atoms with van der Waals surface area (Å²) in [7, 11) is 4.68. The summed E-state index contributed by atoms with van der Waals surface area (Å²) in [4.78, 5) is 80.0. The highest BCUT2D eigenvalue weighted by Gasteiger charge is 2.38. The van der Waals surface area contributed by atoms with E-state index in [2.05, 4.69) is 76.5 Å². The molecule has 4 amide bonds. The Labute approximate surface area is 401 Å². The van der Waals surface area contributed by atoms with Crippen LogP contribution in [0.3, 0.4) is 0 Å². The number of rotatable bonds is 11. The van der Waals surface area contributed by atoms with Crippen molar-refractivity contribution in [2.24, 2.45) is 12.5 Å². The van der Waals surface area contributed by atoms with E-state index in [0.29, 0.717) is 54.9 Å². The summed E-state index contributed by atoms with van der Waals surface area (Å²) in [6, 6.07) is 11.6. The van der Waals surface area contributed by atoms with Gasteiger partial charge in [0, 0.05) is 75.3 Å². The summed E-state index contributed by atoms with van der Waals surface area (Å²) in [5.41, 5.74) is 9.62. The van der Waals surface area contributed by atoms with Gasteiger partial charge in [0.1, 0.15) is 29.7 Å². The van der Waals surface area contributed by atoms with Crippen molar-refractivity contribution in [1.29, 1.82) is 0 Å². The largest absolute Gasteiger partial charge is 0.508 e. The molecule has 3 aromatic heterocycles. The summed E-state index contributed by atoms with van der Waals surface area (Å²) < 4.78 is 15.6. The molecule has 3 aliphatic rings. The van der Waals surface area contributed by atoms with Gasteiger partial charge in [-0.1, -0.05) is 32.6 Å². The number of fused-ring (bicyclic) bond motifs is 6. The zero-order valence-corrected chi connectivity index (χ0v) is 40.5. The van der Waals surface area contributed by atoms with Gasteiger partial charge in [-0.2, -0.15) is 0 Å². The molecule has 364 valence electrons. The molecule has 18 heteroatoms. The Hall–Kier alpha value is -6.89. The van der Waals surface area contributed by atoms with Gasteiger partial charge in [-0.15, -0.1) is 0 Å². The van der Waals surface area contributed by atoms with Crippen molar-refractivity contribution in [1.82, 2.24) is 45.1 Å². The fourth-order valence-corrected chi connectivity index (χ4v) is 9.50. The monoisotopic (exact) mass is 942 g/mol. The first kappa shape index (κ1) is 48.6. The Morgan fingerprint density at radius 3 is 2.59 bits per heavy atom. The van der Waals surface area contributed by atoms with Crippen molar-refractivity contribution in [3.63, 3.8) is 0 Å². The maximum Gasteiger partial charge on any atom is 0.324 e. The number of pyridine rings is 1. The predicted octanol–water partition coefficient (Wildman–Crippen LogP) is 4.81. The minimum absolute atomic E-state index is 0.0377. The van der Waals surface area contributed by atoms with E-state index >= 15 is 0 Å². The van der Waals surface area contributed by atoms with Gasteiger partial charge < -0.3 is 44.6 Å². The number of aryl methyl sites for hydroxylation is 1. The first-order chi connectivity index (χ1) is 32.9. The number of hydrazine groups is 1. The highest BCUT2D eigenvalue weighted by Crippen LogP contribution is 2.42. The third kappa shape index (κ3) is 10.0. The number of hydrogen-bond donors (Lipinski definition) is 5. The van der Waals surface area contributed by atoms with Gasteiger partial charge in [-0.05, 0) is 104 Å². The second-order valence-corrected chi connectivity index (χ2v) is 19.2. The van der Waals surface area contributed by atoms with E-state index in [-0.39, 0.29) is 49.2 Å². The number of imidazole rings is 1. The standard InChI is InChI=1S/C51H62N10O8/c1-10-60-40-16-15-31-23-35(40)36(44(60)34-13-11-17-52-42(34)29(4)68-9)24-51(5,6)27-69-50(67)37-14-12-18-61(57-37)48(65)38(21-30-19-32(31)22-33(62)20-30)55-47(64)43(28(2)3)59(8)49(66)45-54-26-41(58(45)7)56-46(63)39-25-53-39/h11,13,15-17,19-20,22-23,26,29,37-39,43,53,57,62H,2,10,12,14,18,21,24-25,27H2,1,3-9H3,(H,55,64)(H,56,63)/t29-,37-,38-,39+,43-/m0/s1. The average Bonchev–Trinajstić information content (AvgIpc) is 4.07. The van der Waals surface area contributed by atoms with Crippen LogP contribution in [0.15, 0.2) is 73.1 Å². The lowest BCUT2D eigenvalue weighted by molar-refractivity contribution is -0.155. The average molecular weight is 943 g/mol. The van der Waals surface area contributed by atoms with Crippen molar-refractivity contribution in [2.45, 2.75) is 97.1 Å². The topological polar surface area (TPSA) is 224 Å². The SMILES string of the molecule is C=C(C)[C@@H](C(=O)N[C@H]1Cc2cc(O)cc(c2)-c2ccc3c(c2)c(c(-c2cccnc2[C@H](C)OC)n3CC)CC(C)(C)COC(=O)[C@@H]2CCCN(N2)C1=O)N(C)C(=O)c1ncc(NC(=O)[C@H]2CN2)n1C. The second kappa shape index (κ2) is 19.6. The highest BCUT2D eigenvalue weighted by molar-refractivity contribution is 6.00. The molecule has 5 N–H and O–H groups in total. The molecule has 2 fully saturated rings. The highest BCUT2D eigenvalue weighted by atomic mass is 16.5. The Morgan fingerprint density at radius 1 is 1.12 bits per heavy atom. The number of nitrogens with zero attached hydrogens (tertiary/aromatic N) is 6. The molecule has 69 heavy (non-hydrogen) atoms. The number of likely N-dealkylation sites (N-methyl/N-ethyl adjacent to an activating group) is 1. The number of methoxy groups -OCH3 is 1. The van der Waals surface area contributed by atoms with Crippen LogP contribution in [0, 0.1) is 5.41 Å². The second-order valence-electron chi connectivity index (χ2n) is 19.2. The Kier molecular flexibility index (Phi) is 13.8. The molecule has 2 aromatic carbocycles. The third-order valence-corrected chi connectivity index (χ3v) is 13.3. The summed E-state index contributed by atoms with van der Waals surface area (Å²) >= 11 is 0. The molecule has 5 aromatic rings. The lowest BCUT2D eigenvalue weighted by Crippen LogP contribution is -2.61. The molecular formula is C51H62N10O8. The van der Waals surface area contributed by atoms with Crippen LogP contribution in [0.2, 0.25) is 0 Å². The number of benzene rings is 2. The van der Waals surface area contributed by atoms with E-state index in [4.69, 9.17) is 14.5 Å². The number of aromatic hydroxyl groups is 1. The number of phenolic OH excluding ortho intramolecular Hbond substituents is 1. The molecule has 5 atom stereocenters. The smallest absolute Gasteiger partial charge is 0.324 e. The van der Waals surface area contributed by atoms with E-state index in [1.54, 1.807) is 39.4 Å². The van der Waals surface area contributed by atoms with Gasteiger partial charge in [-0.25, -0.2) is 10.4 Å². The predicted molar refractivity (Wildman–Crippen MR) is 260 cm³/mol. The minimum Gasteiger partial charge on any atom is -0.508 e. The van der Waals surface area contributed by atoms with Crippen LogP contribution >= 0.6 is 0 Å². The van der Waals surface area contributed by atoms with Gasteiger partial charge in [0.05, 0.1) is 36.3 Å². The van der Waals surface area contributed by atoms with Gasteiger partial charge >= 0.3 is 5.97 Å². The molecule has 0 spiro atoms. The van der Waals surface area contributed by atoms with Crippen LogP contribution < -0.4 is 21.4 Å². The van der Waals surface area contributed by atoms with Crippen LogP contribution in [0.4, 0.5) is 5.82 Å². The Morgan fingerprint density at radius 2 is 1.88 bits per heavy atom. The van der Waals surface area contributed by atoms with Crippen LogP contribution in [-0.2, 0) is 55.1 Å². The van der Waals surface area contributed by atoms with Crippen molar-refractivity contribution in [2.75, 3.05) is 39.2 Å². The fourth-order valence-electron chi connectivity index (χ4n) is 9.50. The van der Waals surface area contributed by atoms with Gasteiger partial charge in [0.2, 0.25) is 17.6 Å². The number of phenols is 1. The number of hydrogen-bond acceptors (Lipinski definition) is 12. The van der Waals surface area contributed by atoms with Crippen molar-refractivity contribution < 1.29 is 38.6 Å². The van der Waals surface area contributed by atoms with E-state index < -0.39 is 47.2 Å². The summed E-state index contributed by atoms with van der Waals surface area (Å²) in [5.74, 6) is -2.40. The summed E-state index contributed by atoms with van der Waals surface area (Å²) in [5, 5.41) is 22.3. The number of aromatic nitrogens is 4. The normalized spacial score (nSPS) is 20.1. The lowest BCUT2D eigenvalue weighted by Gasteiger charge is -2.36. The maximum absolute atomic E-state index is 14.8. The van der Waals surface area contributed by atoms with Crippen molar-refractivity contribution in [3.8, 4) is 28.1 Å². The van der Waals surface area contributed by atoms with Crippen molar-refractivity contribution in [3.05, 3.63) is 95.7 Å². The first-order valence-electron chi connectivity index (χ1n) is 23.4. The molecule has 0 unspecified atom stereocenters. The van der Waals surface area contributed by atoms with E-state index in [9.17, 15) is 29.1 Å². The number of carbonyl (C=O) groups is 5. The zero-order chi connectivity index (χ0) is 49.5. The fraction of sp³-hybridized carbons (Fsp3) is 0.431. The van der Waals surface area contributed by atoms with E-state index in [0.717, 1.165) is 39.0 Å². The third-order valence-electron chi connectivity index (χ3n) is 13.3. The van der Waals surface area contributed by atoms with E-state index in [1.807, 2.05) is 25.1 Å². The molecule has 3 aliphatic heterocycles. The van der Waals surface area contributed by atoms with Crippen LogP contribution in [0.1, 0.15) is 81.0 Å². The molecule has 0 saturated carbocycles. The summed E-state index contributed by atoms with van der Waals surface area (Å²) in [6.07, 6.45) is 4.18. The number of cyclic esters (lactones) is 1. The molecule has 0 radical (unpaired) electrons. The molecule has 6 heterocycles. The van der Waals surface area contributed by atoms with Gasteiger partial charge in [0.25, 0.3) is 11.8 Å². The number of esters is 1. The number of amides is 4. The van der Waals surface area contributed by atoms with Crippen LogP contribution in [-0.4, -0.2) is 122 Å². The summed E-state index contributed by atoms with van der Waals surface area (Å²) in [6.45, 7) is 15.4. The molecule has 6 bridgehead atoms. The van der Waals surface area contributed by atoms with Gasteiger partial charge in [-0.3, -0.25) is 34.0 Å². The van der Waals surface area contributed by atoms with Crippen molar-refractivity contribution >= 4 is 46.3 Å². The number of anilines is 1. The zero-order valence-electron chi connectivity index (χ0n) is 40.5. The number of ether oxygens (including phenoxy) is 2. The first-order valence-corrected chi connectivity index (χ1v) is 23.4. The molecule has 0 aliphatic carbocycles. The number of carbonyl (C=O) groups excluding carboxylic acids is 5. The quantitative estimate of drug-likeness (QED) is 0.0684.